The van der Waals surface area contributed by atoms with Crippen molar-refractivity contribution in [1.29, 1.82) is 0 Å². The molecule has 1 fully saturated rings. The maximum absolute atomic E-state index is 4.96. The summed E-state index contributed by atoms with van der Waals surface area (Å²) in [6, 6.07) is 49.5. The van der Waals surface area contributed by atoms with Gasteiger partial charge in [-0.3, -0.25) is 0 Å². The van der Waals surface area contributed by atoms with E-state index in [1.807, 2.05) is 19.2 Å². The largest absolute Gasteiger partial charge is 0.304 e. The van der Waals surface area contributed by atoms with E-state index in [-0.39, 0.29) is 25.5 Å². The van der Waals surface area contributed by atoms with Gasteiger partial charge in [0.2, 0.25) is 0 Å². The van der Waals surface area contributed by atoms with Crippen molar-refractivity contribution in [1.82, 2.24) is 19.9 Å². The summed E-state index contributed by atoms with van der Waals surface area (Å²) in [5.41, 5.74) is 14.1. The van der Waals surface area contributed by atoms with Crippen LogP contribution in [-0.4, -0.2) is 19.9 Å². The Kier molecular flexibility index (Phi) is 9.49. The van der Waals surface area contributed by atoms with E-state index >= 15 is 0 Å². The smallest absolute Gasteiger partial charge is 0.165 e. The van der Waals surface area contributed by atoms with Gasteiger partial charge in [0.05, 0.1) is 0 Å². The molecule has 9 rings (SSSR count). The van der Waals surface area contributed by atoms with E-state index in [2.05, 4.69) is 141 Å². The summed E-state index contributed by atoms with van der Waals surface area (Å²) in [4.78, 5) is 19.3. The molecule has 0 saturated heterocycles. The molecule has 4 nitrogen and oxygen atoms in total. The summed E-state index contributed by atoms with van der Waals surface area (Å²) in [6.45, 7) is 6.52. The van der Waals surface area contributed by atoms with Gasteiger partial charge in [-0.2, -0.15) is 0 Å². The first-order valence-electron chi connectivity index (χ1n) is 18.5. The second kappa shape index (κ2) is 14.4. The number of pyridine rings is 1. The van der Waals surface area contributed by atoms with Crippen molar-refractivity contribution >= 4 is 0 Å². The van der Waals surface area contributed by atoms with Gasteiger partial charge in [0.15, 0.2) is 11.6 Å². The first-order chi connectivity index (χ1) is 25.4. The maximum atomic E-state index is 4.96. The van der Waals surface area contributed by atoms with Crippen molar-refractivity contribution in [3.8, 4) is 56.3 Å². The van der Waals surface area contributed by atoms with Crippen LogP contribution in [0.15, 0.2) is 134 Å². The zero-order valence-corrected chi connectivity index (χ0v) is 32.7. The normalized spacial score (nSPS) is 17.0. The van der Waals surface area contributed by atoms with Crippen LogP contribution in [0.25, 0.3) is 56.3 Å². The molecule has 0 bridgehead atoms. The van der Waals surface area contributed by atoms with Crippen LogP contribution in [0.2, 0.25) is 0 Å². The topological polar surface area (TPSA) is 51.6 Å². The standard InChI is InChI=1S/C48H41N4.Ir/c1-31-50-46(37-18-12-16-34(28-37)33-15-11-17-35(27-33)40-20-8-7-19-39(40)32-13-5-4-6-14-32)52-47(51-31)38-24-26-45(49-30-38)36-23-25-42-41-21-9-10-22-43(41)48(2,3)44(42)29-36;/h4-6,9-18,21-22,24-30,39-40H,7-8,19-20H2,1-3H3;/q-1;. The molecule has 2 unspecified atom stereocenters. The van der Waals surface area contributed by atoms with Crippen LogP contribution < -0.4 is 0 Å². The van der Waals surface area contributed by atoms with Crippen LogP contribution in [0, 0.1) is 13.0 Å². The quantitative estimate of drug-likeness (QED) is 0.156. The Bertz CT molecular complexity index is 2420. The maximum Gasteiger partial charge on any atom is 0.165 e. The monoisotopic (exact) mass is 866 g/mol. The summed E-state index contributed by atoms with van der Waals surface area (Å²) < 4.78 is 0. The molecule has 7 aromatic rings. The Balaban J connectivity index is 0.00000400. The van der Waals surface area contributed by atoms with E-state index < -0.39 is 0 Å². The molecular weight excluding hydrogens is 825 g/mol. The Hall–Kier alpha value is -5.09. The predicted molar refractivity (Wildman–Crippen MR) is 211 cm³/mol. The van der Waals surface area contributed by atoms with E-state index in [1.165, 1.54) is 64.6 Å². The summed E-state index contributed by atoms with van der Waals surface area (Å²) in [5, 5.41) is 0. The molecule has 2 atom stereocenters. The molecule has 2 aliphatic rings. The van der Waals surface area contributed by atoms with Gasteiger partial charge in [-0.25, -0.2) is 15.0 Å². The first kappa shape index (κ1) is 35.0. The molecule has 5 aromatic carbocycles. The zero-order chi connectivity index (χ0) is 35.2. The van der Waals surface area contributed by atoms with Gasteiger partial charge in [0.1, 0.15) is 5.82 Å². The molecule has 0 amide bonds. The molecule has 53 heavy (non-hydrogen) atoms. The summed E-state index contributed by atoms with van der Waals surface area (Å²) in [6.07, 6.45) is 6.92. The Morgan fingerprint density at radius 2 is 1.25 bits per heavy atom. The first-order valence-corrected chi connectivity index (χ1v) is 18.5. The van der Waals surface area contributed by atoms with Gasteiger partial charge in [-0.1, -0.05) is 147 Å². The van der Waals surface area contributed by atoms with Crippen LogP contribution in [-0.2, 0) is 25.5 Å². The van der Waals surface area contributed by atoms with Crippen molar-refractivity contribution < 1.29 is 20.1 Å². The van der Waals surface area contributed by atoms with E-state index in [9.17, 15) is 0 Å². The molecular formula is C48H41IrN4-. The Morgan fingerprint density at radius 1 is 0.585 bits per heavy atom. The molecule has 1 saturated carbocycles. The molecule has 2 heterocycles. The summed E-state index contributed by atoms with van der Waals surface area (Å²) in [7, 11) is 0. The average Bonchev–Trinajstić information content (AvgIpc) is 3.43. The fourth-order valence-electron chi connectivity index (χ4n) is 8.63. The van der Waals surface area contributed by atoms with Crippen LogP contribution >= 0.6 is 0 Å². The minimum absolute atomic E-state index is 0. The fraction of sp³-hybridized carbons (Fsp3) is 0.208. The predicted octanol–water partition coefficient (Wildman–Crippen LogP) is 11.8. The van der Waals surface area contributed by atoms with Crippen LogP contribution in [0.3, 0.4) is 0 Å². The van der Waals surface area contributed by atoms with Crippen molar-refractivity contribution in [3.05, 3.63) is 168 Å². The van der Waals surface area contributed by atoms with Gasteiger partial charge >= 0.3 is 0 Å². The Labute approximate surface area is 326 Å². The van der Waals surface area contributed by atoms with Crippen LogP contribution in [0.4, 0.5) is 0 Å². The third kappa shape index (κ3) is 6.58. The van der Waals surface area contributed by atoms with Crippen molar-refractivity contribution in [2.45, 2.75) is 63.7 Å². The summed E-state index contributed by atoms with van der Waals surface area (Å²) >= 11 is 0. The molecule has 263 valence electrons. The second-order valence-electron chi connectivity index (χ2n) is 14.9. The van der Waals surface area contributed by atoms with Gasteiger partial charge in [0, 0.05) is 37.4 Å². The Morgan fingerprint density at radius 3 is 2.02 bits per heavy atom. The number of hydrogen-bond donors (Lipinski definition) is 0. The molecule has 2 aliphatic carbocycles. The van der Waals surface area contributed by atoms with Gasteiger partial charge in [0.25, 0.3) is 0 Å². The number of aromatic nitrogens is 4. The molecule has 0 spiro atoms. The van der Waals surface area contributed by atoms with Crippen LogP contribution in [0.1, 0.15) is 79.4 Å². The number of aryl methyl sites for hydroxylation is 1. The van der Waals surface area contributed by atoms with Crippen molar-refractivity contribution in [2.24, 2.45) is 0 Å². The third-order valence-electron chi connectivity index (χ3n) is 11.3. The molecule has 0 N–H and O–H groups in total. The molecule has 2 aromatic heterocycles. The van der Waals surface area contributed by atoms with Gasteiger partial charge in [-0.05, 0) is 76.6 Å². The SMILES string of the molecule is Cc1nc(-c2ccc(-c3[c-]cc4c(c3)C(C)(C)c3ccccc3-4)nc2)nc(-c2cccc(-c3cccc(C4CCCCC4c4ccccc4)c3)c2)n1.[Ir]. The number of fused-ring (bicyclic) bond motifs is 3. The van der Waals surface area contributed by atoms with Gasteiger partial charge < -0.3 is 4.98 Å². The molecule has 1 radical (unpaired) electrons. The number of rotatable bonds is 6. The molecule has 0 aliphatic heterocycles. The van der Waals surface area contributed by atoms with E-state index in [0.29, 0.717) is 29.3 Å². The molecule has 5 heteroatoms. The minimum Gasteiger partial charge on any atom is -0.304 e. The number of benzene rings is 5. The van der Waals surface area contributed by atoms with E-state index in [0.717, 1.165) is 27.9 Å². The fourth-order valence-corrected chi connectivity index (χ4v) is 8.63. The van der Waals surface area contributed by atoms with Gasteiger partial charge in [-0.15, -0.1) is 29.3 Å². The zero-order valence-electron chi connectivity index (χ0n) is 30.3. The van der Waals surface area contributed by atoms with Crippen molar-refractivity contribution in [2.75, 3.05) is 0 Å². The number of nitrogens with zero attached hydrogens (tertiary/aromatic N) is 4. The summed E-state index contributed by atoms with van der Waals surface area (Å²) in [5.74, 6) is 3.04. The van der Waals surface area contributed by atoms with E-state index in [1.54, 1.807) is 0 Å². The van der Waals surface area contributed by atoms with Crippen molar-refractivity contribution in [3.63, 3.8) is 0 Å². The average molecular weight is 866 g/mol. The minimum atomic E-state index is -0.0740. The number of hydrogen-bond acceptors (Lipinski definition) is 4. The van der Waals surface area contributed by atoms with Crippen LogP contribution in [0.5, 0.6) is 0 Å². The second-order valence-corrected chi connectivity index (χ2v) is 14.9. The third-order valence-corrected chi connectivity index (χ3v) is 11.3. The van der Waals surface area contributed by atoms with E-state index in [4.69, 9.17) is 19.9 Å².